The molecule has 0 fully saturated rings. The second-order valence-electron chi connectivity index (χ2n) is 7.61. The molecular formula is C26H20Cl4N2S2. The normalized spacial score (nSPS) is 12.8. The van der Waals surface area contributed by atoms with Gasteiger partial charge in [-0.2, -0.15) is 0 Å². The average molecular weight is 566 g/mol. The fourth-order valence-electron chi connectivity index (χ4n) is 3.72. The molecule has 0 saturated carbocycles. The number of hydrogen-bond donors (Lipinski definition) is 4. The van der Waals surface area contributed by atoms with Crippen LogP contribution < -0.4 is 10.6 Å². The molecule has 8 heteroatoms. The second kappa shape index (κ2) is 11.4. The summed E-state index contributed by atoms with van der Waals surface area (Å²) in [7, 11) is 0. The molecule has 2 atom stereocenters. The number of halogens is 4. The van der Waals surface area contributed by atoms with Gasteiger partial charge in [-0.1, -0.05) is 82.8 Å². The zero-order valence-corrected chi connectivity index (χ0v) is 22.5. The molecular weight excluding hydrogens is 546 g/mol. The largest absolute Gasteiger partial charge is 0.375 e. The first-order valence-corrected chi connectivity index (χ1v) is 12.7. The predicted molar refractivity (Wildman–Crippen MR) is 153 cm³/mol. The lowest BCUT2D eigenvalue weighted by Crippen LogP contribution is -2.26. The minimum absolute atomic E-state index is 0.371. The molecule has 34 heavy (non-hydrogen) atoms. The van der Waals surface area contributed by atoms with Crippen LogP contribution in [0.4, 0.5) is 11.4 Å². The van der Waals surface area contributed by atoms with Gasteiger partial charge in [0.2, 0.25) is 0 Å². The first-order chi connectivity index (χ1) is 16.3. The van der Waals surface area contributed by atoms with Crippen molar-refractivity contribution in [3.05, 3.63) is 116 Å². The second-order valence-corrected chi connectivity index (χ2v) is 10.3. The van der Waals surface area contributed by atoms with Crippen LogP contribution >= 0.6 is 71.7 Å². The van der Waals surface area contributed by atoms with Gasteiger partial charge < -0.3 is 10.6 Å². The lowest BCUT2D eigenvalue weighted by molar-refractivity contribution is 0.647. The van der Waals surface area contributed by atoms with E-state index in [9.17, 15) is 0 Å². The summed E-state index contributed by atoms with van der Waals surface area (Å²) < 4.78 is 0. The van der Waals surface area contributed by atoms with Crippen LogP contribution in [0.25, 0.3) is 0 Å². The van der Waals surface area contributed by atoms with E-state index in [-0.39, 0.29) is 12.1 Å². The van der Waals surface area contributed by atoms with E-state index in [0.29, 0.717) is 20.1 Å². The van der Waals surface area contributed by atoms with Crippen LogP contribution in [0.15, 0.2) is 94.7 Å². The summed E-state index contributed by atoms with van der Waals surface area (Å²) in [6.45, 7) is 0. The van der Waals surface area contributed by atoms with Crippen LogP contribution in [-0.2, 0) is 0 Å². The summed E-state index contributed by atoms with van der Waals surface area (Å²) in [4.78, 5) is 1.60. The molecule has 2 unspecified atom stereocenters. The van der Waals surface area contributed by atoms with E-state index in [1.165, 1.54) is 0 Å². The smallest absolute Gasteiger partial charge is 0.0772 e. The number of rotatable bonds is 7. The van der Waals surface area contributed by atoms with Crippen molar-refractivity contribution < 1.29 is 0 Å². The van der Waals surface area contributed by atoms with Gasteiger partial charge in [-0.15, -0.1) is 25.3 Å². The van der Waals surface area contributed by atoms with Gasteiger partial charge in [-0.25, -0.2) is 0 Å². The van der Waals surface area contributed by atoms with Gasteiger partial charge >= 0.3 is 0 Å². The zero-order chi connectivity index (χ0) is 24.2. The van der Waals surface area contributed by atoms with Crippen molar-refractivity contribution in [3.63, 3.8) is 0 Å². The monoisotopic (exact) mass is 564 g/mol. The standard InChI is InChI=1S/C26H20Cl4N2S2/c27-15-9-11-17(19(29)13-15)25(31-21-5-1-3-7-23(21)33)26(18-12-10-16(28)14-20(18)30)32-22-6-2-4-8-24(22)34/h1-14,25-26,31-34H. The fraction of sp³-hybridized carbons (Fsp3) is 0.0769. The number of hydrogen-bond acceptors (Lipinski definition) is 4. The minimum Gasteiger partial charge on any atom is -0.375 e. The molecule has 2 N–H and O–H groups in total. The van der Waals surface area contributed by atoms with Crippen LogP contribution in [0.2, 0.25) is 20.1 Å². The highest BCUT2D eigenvalue weighted by molar-refractivity contribution is 7.80. The maximum Gasteiger partial charge on any atom is 0.0772 e. The molecule has 0 spiro atoms. The molecule has 0 saturated heterocycles. The fourth-order valence-corrected chi connectivity index (χ4v) is 5.22. The zero-order valence-electron chi connectivity index (χ0n) is 17.6. The third-order valence-electron chi connectivity index (χ3n) is 5.36. The summed E-state index contributed by atoms with van der Waals surface area (Å²) in [5.74, 6) is 0. The maximum absolute atomic E-state index is 6.72. The van der Waals surface area contributed by atoms with Gasteiger partial charge in [0.05, 0.1) is 12.1 Å². The summed E-state index contributed by atoms with van der Waals surface area (Å²) in [6, 6.07) is 25.7. The highest BCUT2D eigenvalue weighted by Crippen LogP contribution is 2.42. The maximum atomic E-state index is 6.72. The summed E-state index contributed by atoms with van der Waals surface area (Å²) >= 11 is 35.2. The van der Waals surface area contributed by atoms with Gasteiger partial charge in [0, 0.05) is 41.3 Å². The number of nitrogens with one attached hydrogen (secondary N) is 2. The Morgan fingerprint density at radius 3 is 1.26 bits per heavy atom. The number of benzene rings is 4. The van der Waals surface area contributed by atoms with Crippen molar-refractivity contribution in [1.82, 2.24) is 0 Å². The number of para-hydroxylation sites is 2. The van der Waals surface area contributed by atoms with Crippen molar-refractivity contribution in [2.75, 3.05) is 10.6 Å². The Morgan fingerprint density at radius 2 is 0.912 bits per heavy atom. The highest BCUT2D eigenvalue weighted by Gasteiger charge is 2.29. The summed E-state index contributed by atoms with van der Waals surface area (Å²) in [5, 5.41) is 9.40. The van der Waals surface area contributed by atoms with Crippen LogP contribution in [0.1, 0.15) is 23.2 Å². The quantitative estimate of drug-likeness (QED) is 0.168. The van der Waals surface area contributed by atoms with Crippen LogP contribution in [-0.4, -0.2) is 0 Å². The molecule has 0 aromatic heterocycles. The molecule has 4 aromatic rings. The third kappa shape index (κ3) is 5.93. The van der Waals surface area contributed by atoms with Crippen LogP contribution in [0, 0.1) is 0 Å². The molecule has 0 aliphatic rings. The lowest BCUT2D eigenvalue weighted by atomic mass is 9.92. The summed E-state index contributed by atoms with van der Waals surface area (Å²) in [5.41, 5.74) is 3.36. The average Bonchev–Trinajstić information content (AvgIpc) is 2.79. The molecule has 4 rings (SSSR count). The van der Waals surface area contributed by atoms with Gasteiger partial charge in [0.15, 0.2) is 0 Å². The van der Waals surface area contributed by atoms with Gasteiger partial charge in [0.25, 0.3) is 0 Å². The minimum atomic E-state index is -0.371. The van der Waals surface area contributed by atoms with Crippen LogP contribution in [0.5, 0.6) is 0 Å². The predicted octanol–water partition coefficient (Wildman–Crippen LogP) is 9.88. The molecule has 174 valence electrons. The van der Waals surface area contributed by atoms with Crippen molar-refractivity contribution in [3.8, 4) is 0 Å². The molecule has 0 aliphatic heterocycles. The molecule has 0 aliphatic carbocycles. The van der Waals surface area contributed by atoms with E-state index in [1.54, 1.807) is 12.1 Å². The Balaban J connectivity index is 1.90. The lowest BCUT2D eigenvalue weighted by Gasteiger charge is -2.33. The topological polar surface area (TPSA) is 24.1 Å². The first-order valence-electron chi connectivity index (χ1n) is 10.3. The van der Waals surface area contributed by atoms with Gasteiger partial charge in [-0.3, -0.25) is 0 Å². The number of anilines is 2. The highest BCUT2D eigenvalue weighted by atomic mass is 35.5. The molecule has 0 amide bonds. The molecule has 0 radical (unpaired) electrons. The van der Waals surface area contributed by atoms with Gasteiger partial charge in [0.1, 0.15) is 0 Å². The van der Waals surface area contributed by atoms with E-state index < -0.39 is 0 Å². The molecule has 2 nitrogen and oxygen atoms in total. The van der Waals surface area contributed by atoms with E-state index in [2.05, 4.69) is 35.9 Å². The molecule has 0 heterocycles. The van der Waals surface area contributed by atoms with E-state index in [4.69, 9.17) is 46.4 Å². The van der Waals surface area contributed by atoms with Crippen molar-refractivity contribution in [2.24, 2.45) is 0 Å². The Labute approximate surface area is 230 Å². The van der Waals surface area contributed by atoms with Crippen molar-refractivity contribution in [2.45, 2.75) is 21.9 Å². The Morgan fingerprint density at radius 1 is 0.529 bits per heavy atom. The third-order valence-corrected chi connectivity index (χ3v) is 7.26. The Kier molecular flexibility index (Phi) is 8.52. The first kappa shape index (κ1) is 25.4. The van der Waals surface area contributed by atoms with Crippen molar-refractivity contribution >= 4 is 83.0 Å². The summed E-state index contributed by atoms with van der Waals surface area (Å²) in [6.07, 6.45) is 0. The van der Waals surface area contributed by atoms with Gasteiger partial charge in [-0.05, 0) is 59.7 Å². The van der Waals surface area contributed by atoms with Crippen molar-refractivity contribution in [1.29, 1.82) is 0 Å². The van der Waals surface area contributed by atoms with Crippen LogP contribution in [0.3, 0.4) is 0 Å². The SMILES string of the molecule is Sc1ccccc1NC(c1ccc(Cl)cc1Cl)C(Nc1ccccc1S)c1ccc(Cl)cc1Cl. The Bertz CT molecular complexity index is 1210. The number of thiol groups is 2. The van der Waals surface area contributed by atoms with E-state index in [0.717, 1.165) is 32.3 Å². The molecule has 0 bridgehead atoms. The molecule has 4 aromatic carbocycles. The Hall–Kier alpha value is -1.66. The van der Waals surface area contributed by atoms with E-state index >= 15 is 0 Å². The van der Waals surface area contributed by atoms with E-state index in [1.807, 2.05) is 72.8 Å².